The van der Waals surface area contributed by atoms with E-state index in [2.05, 4.69) is 6.92 Å². The summed E-state index contributed by atoms with van der Waals surface area (Å²) in [5.41, 5.74) is 0. The molecule has 0 aromatic heterocycles. The van der Waals surface area contributed by atoms with Crippen LogP contribution in [0.1, 0.15) is 110 Å². The maximum absolute atomic E-state index is 10.9. The molecule has 0 amide bonds. The molecule has 0 aromatic rings. The van der Waals surface area contributed by atoms with Crippen LogP contribution in [0.4, 0.5) is 0 Å². The van der Waals surface area contributed by atoms with Gasteiger partial charge < -0.3 is 9.90 Å². The van der Waals surface area contributed by atoms with E-state index in [4.69, 9.17) is 0 Å². The van der Waals surface area contributed by atoms with Crippen LogP contribution in [0.3, 0.4) is 0 Å². The molecule has 0 heterocycles. The molecule has 1 unspecified atom stereocenters. The highest BCUT2D eigenvalue weighted by molar-refractivity contribution is 5.67. The fourth-order valence-electron chi connectivity index (χ4n) is 2.96. The van der Waals surface area contributed by atoms with Crippen LogP contribution in [-0.2, 0) is 4.79 Å². The molecule has 0 fully saturated rings. The smallest absolute Gasteiger partial charge is 0.0445 e. The van der Waals surface area contributed by atoms with E-state index >= 15 is 0 Å². The number of rotatable bonds is 16. The average molecular weight is 298 g/mol. The Morgan fingerprint density at radius 1 is 0.667 bits per heavy atom. The zero-order chi connectivity index (χ0) is 15.8. The first-order chi connectivity index (χ1) is 10.2. The van der Waals surface area contributed by atoms with E-state index in [-0.39, 0.29) is 5.92 Å². The molecule has 2 heteroatoms. The maximum atomic E-state index is 10.9. The summed E-state index contributed by atoms with van der Waals surface area (Å²) in [4.78, 5) is 10.9. The minimum absolute atomic E-state index is 0.210. The molecular weight excluding hydrogens is 260 g/mol. The largest absolute Gasteiger partial charge is 0.550 e. The number of hydrogen-bond donors (Lipinski definition) is 0. The van der Waals surface area contributed by atoms with Gasteiger partial charge >= 0.3 is 0 Å². The molecule has 0 saturated carbocycles. The second-order valence-electron chi connectivity index (χ2n) is 6.48. The third kappa shape index (κ3) is 14.2. The maximum Gasteiger partial charge on any atom is 0.0445 e. The molecule has 0 rings (SSSR count). The van der Waals surface area contributed by atoms with Crippen molar-refractivity contribution in [2.24, 2.45) is 5.92 Å². The van der Waals surface area contributed by atoms with Crippen LogP contribution in [0.15, 0.2) is 0 Å². The number of carboxylic acid groups (broad SMARTS) is 1. The van der Waals surface area contributed by atoms with Crippen LogP contribution in [-0.4, -0.2) is 5.97 Å². The Bertz CT molecular complexity index is 226. The fourth-order valence-corrected chi connectivity index (χ4v) is 2.96. The van der Waals surface area contributed by atoms with Crippen LogP contribution in [0.5, 0.6) is 0 Å². The lowest BCUT2D eigenvalue weighted by Crippen LogP contribution is -2.31. The standard InChI is InChI=1S/C19H38O2/c1-3-5-6-7-8-9-10-11-12-13-14-15-17-18(16-4-2)19(20)21/h18H,3-17H2,1-2H3,(H,20,21)/p-1. The summed E-state index contributed by atoms with van der Waals surface area (Å²) in [5, 5.41) is 10.9. The van der Waals surface area contributed by atoms with Crippen molar-refractivity contribution in [3.05, 3.63) is 0 Å². The van der Waals surface area contributed by atoms with Gasteiger partial charge in [-0.3, -0.25) is 0 Å². The zero-order valence-corrected chi connectivity index (χ0v) is 14.5. The third-order valence-corrected chi connectivity index (χ3v) is 4.38. The van der Waals surface area contributed by atoms with Crippen LogP contribution in [0, 0.1) is 5.92 Å². The topological polar surface area (TPSA) is 40.1 Å². The van der Waals surface area contributed by atoms with Gasteiger partial charge in [0.15, 0.2) is 0 Å². The SMILES string of the molecule is CCCCCCCCCCCCCCC(CCC)C(=O)[O-]. The minimum atomic E-state index is -0.847. The lowest BCUT2D eigenvalue weighted by molar-refractivity contribution is -0.312. The summed E-state index contributed by atoms with van der Waals surface area (Å²) in [7, 11) is 0. The molecule has 21 heavy (non-hydrogen) atoms. The first-order valence-electron chi connectivity index (χ1n) is 9.43. The summed E-state index contributed by atoms with van der Waals surface area (Å²) in [6, 6.07) is 0. The van der Waals surface area contributed by atoms with Gasteiger partial charge in [0.05, 0.1) is 0 Å². The highest BCUT2D eigenvalue weighted by atomic mass is 16.4. The number of carbonyl (C=O) groups is 1. The van der Waals surface area contributed by atoms with E-state index in [1.165, 1.54) is 70.6 Å². The monoisotopic (exact) mass is 297 g/mol. The number of aliphatic carboxylic acids is 1. The summed E-state index contributed by atoms with van der Waals surface area (Å²) < 4.78 is 0. The molecule has 2 nitrogen and oxygen atoms in total. The summed E-state index contributed by atoms with van der Waals surface area (Å²) in [6.07, 6.45) is 18.4. The number of carboxylic acids is 1. The first-order valence-corrected chi connectivity index (χ1v) is 9.43. The molecule has 0 saturated heterocycles. The molecule has 0 N–H and O–H groups in total. The molecule has 0 radical (unpaired) electrons. The number of unbranched alkanes of at least 4 members (excludes halogenated alkanes) is 11. The first kappa shape index (κ1) is 20.5. The Hall–Kier alpha value is -0.530. The normalized spacial score (nSPS) is 12.5. The summed E-state index contributed by atoms with van der Waals surface area (Å²) in [5.74, 6) is -1.06. The van der Waals surface area contributed by atoms with Gasteiger partial charge in [0.25, 0.3) is 0 Å². The lowest BCUT2D eigenvalue weighted by Gasteiger charge is -2.16. The van der Waals surface area contributed by atoms with Gasteiger partial charge in [0.2, 0.25) is 0 Å². The van der Waals surface area contributed by atoms with E-state index in [1.807, 2.05) is 6.92 Å². The highest BCUT2D eigenvalue weighted by Crippen LogP contribution is 2.17. The predicted octanol–water partition coefficient (Wildman–Crippen LogP) is 5.24. The van der Waals surface area contributed by atoms with E-state index in [1.54, 1.807) is 0 Å². The highest BCUT2D eigenvalue weighted by Gasteiger charge is 2.07. The van der Waals surface area contributed by atoms with Crippen molar-refractivity contribution >= 4 is 5.97 Å². The molecule has 0 aliphatic heterocycles. The molecule has 0 bridgehead atoms. The van der Waals surface area contributed by atoms with Crippen molar-refractivity contribution in [2.45, 2.75) is 110 Å². The van der Waals surface area contributed by atoms with Gasteiger partial charge in [-0.05, 0) is 18.8 Å². The second kappa shape index (κ2) is 15.9. The van der Waals surface area contributed by atoms with Crippen LogP contribution in [0.2, 0.25) is 0 Å². The van der Waals surface area contributed by atoms with E-state index in [0.717, 1.165) is 25.7 Å². The molecule has 126 valence electrons. The van der Waals surface area contributed by atoms with E-state index in [0.29, 0.717) is 0 Å². The molecule has 0 spiro atoms. The lowest BCUT2D eigenvalue weighted by atomic mass is 9.96. The Morgan fingerprint density at radius 3 is 1.48 bits per heavy atom. The average Bonchev–Trinajstić information content (AvgIpc) is 2.47. The van der Waals surface area contributed by atoms with Crippen molar-refractivity contribution in [3.8, 4) is 0 Å². The van der Waals surface area contributed by atoms with Gasteiger partial charge in [-0.2, -0.15) is 0 Å². The van der Waals surface area contributed by atoms with Gasteiger partial charge in [0, 0.05) is 5.97 Å². The van der Waals surface area contributed by atoms with E-state index in [9.17, 15) is 9.90 Å². The Balaban J connectivity index is 3.23. The van der Waals surface area contributed by atoms with Gasteiger partial charge in [-0.15, -0.1) is 0 Å². The van der Waals surface area contributed by atoms with Crippen molar-refractivity contribution in [1.29, 1.82) is 0 Å². The molecule has 0 aliphatic rings. The molecular formula is C19H37O2-. The molecule has 0 aromatic carbocycles. The quantitative estimate of drug-likeness (QED) is 0.365. The van der Waals surface area contributed by atoms with Crippen molar-refractivity contribution in [3.63, 3.8) is 0 Å². The molecule has 1 atom stereocenters. The van der Waals surface area contributed by atoms with Gasteiger partial charge in [-0.1, -0.05) is 97.3 Å². The Labute approximate surface area is 132 Å². The van der Waals surface area contributed by atoms with Crippen LogP contribution < -0.4 is 5.11 Å². The third-order valence-electron chi connectivity index (χ3n) is 4.38. The summed E-state index contributed by atoms with van der Waals surface area (Å²) in [6.45, 7) is 4.30. The van der Waals surface area contributed by atoms with Crippen LogP contribution >= 0.6 is 0 Å². The van der Waals surface area contributed by atoms with Crippen LogP contribution in [0.25, 0.3) is 0 Å². The van der Waals surface area contributed by atoms with E-state index < -0.39 is 5.97 Å². The van der Waals surface area contributed by atoms with Gasteiger partial charge in [-0.25, -0.2) is 0 Å². The second-order valence-corrected chi connectivity index (χ2v) is 6.48. The Morgan fingerprint density at radius 2 is 1.10 bits per heavy atom. The predicted molar refractivity (Wildman–Crippen MR) is 89.1 cm³/mol. The van der Waals surface area contributed by atoms with Crippen molar-refractivity contribution in [2.75, 3.05) is 0 Å². The van der Waals surface area contributed by atoms with Crippen molar-refractivity contribution in [1.82, 2.24) is 0 Å². The Kier molecular flexibility index (Phi) is 15.5. The zero-order valence-electron chi connectivity index (χ0n) is 14.5. The van der Waals surface area contributed by atoms with Crippen molar-refractivity contribution < 1.29 is 9.90 Å². The molecule has 0 aliphatic carbocycles. The number of hydrogen-bond acceptors (Lipinski definition) is 2. The summed E-state index contributed by atoms with van der Waals surface area (Å²) >= 11 is 0. The van der Waals surface area contributed by atoms with Gasteiger partial charge in [0.1, 0.15) is 0 Å². The fraction of sp³-hybridized carbons (Fsp3) is 0.947. The number of carbonyl (C=O) groups excluding carboxylic acids is 1. The minimum Gasteiger partial charge on any atom is -0.550 e.